The van der Waals surface area contributed by atoms with Gasteiger partial charge in [0.2, 0.25) is 0 Å². The molecule has 0 bridgehead atoms. The van der Waals surface area contributed by atoms with Crippen LogP contribution < -0.4 is 10.6 Å². The number of amides is 2. The Morgan fingerprint density at radius 2 is 2.04 bits per heavy atom. The minimum atomic E-state index is -0.458. The minimum Gasteiger partial charge on any atom is -0.379 e. The van der Waals surface area contributed by atoms with Gasteiger partial charge >= 0.3 is 6.03 Å². The molecule has 6 nitrogen and oxygen atoms in total. The van der Waals surface area contributed by atoms with Crippen molar-refractivity contribution in [2.75, 3.05) is 44.8 Å². The van der Waals surface area contributed by atoms with E-state index in [1.54, 1.807) is 0 Å². The monoisotopic (exact) mass is 343 g/mol. The topological polar surface area (TPSA) is 62.8 Å². The van der Waals surface area contributed by atoms with Crippen LogP contribution in [-0.2, 0) is 9.47 Å². The average Bonchev–Trinajstić information content (AvgIpc) is 3.00. The number of hydrogen-bond donors (Lipinski definition) is 2. The quantitative estimate of drug-likeness (QED) is 0.877. The first-order valence-corrected chi connectivity index (χ1v) is 7.93. The zero-order valence-corrected chi connectivity index (χ0v) is 13.3. The van der Waals surface area contributed by atoms with E-state index < -0.39 is 11.8 Å². The second-order valence-corrected chi connectivity index (χ2v) is 5.99. The SMILES string of the molecule is O=C(Nc1cc(F)ccc1Cl)NC1COCC1N1CCOCC1. The molecule has 2 aliphatic rings. The summed E-state index contributed by atoms with van der Waals surface area (Å²) in [5, 5.41) is 5.75. The van der Waals surface area contributed by atoms with Gasteiger partial charge in [-0.2, -0.15) is 0 Å². The molecule has 0 spiro atoms. The molecule has 2 fully saturated rings. The number of morpholine rings is 1. The van der Waals surface area contributed by atoms with Gasteiger partial charge in [0, 0.05) is 13.1 Å². The van der Waals surface area contributed by atoms with Crippen LogP contribution in [-0.4, -0.2) is 62.5 Å². The molecule has 2 N–H and O–H groups in total. The van der Waals surface area contributed by atoms with Gasteiger partial charge in [-0.05, 0) is 18.2 Å². The molecule has 2 aliphatic heterocycles. The van der Waals surface area contributed by atoms with Crippen LogP contribution in [0.2, 0.25) is 5.02 Å². The van der Waals surface area contributed by atoms with E-state index in [0.29, 0.717) is 26.4 Å². The average molecular weight is 344 g/mol. The number of urea groups is 1. The number of benzene rings is 1. The van der Waals surface area contributed by atoms with Crippen LogP contribution in [0.1, 0.15) is 0 Å². The maximum atomic E-state index is 13.2. The fraction of sp³-hybridized carbons (Fsp3) is 0.533. The molecule has 23 heavy (non-hydrogen) atoms. The van der Waals surface area contributed by atoms with E-state index in [0.717, 1.165) is 13.1 Å². The van der Waals surface area contributed by atoms with Crippen LogP contribution in [0.4, 0.5) is 14.9 Å². The number of hydrogen-bond acceptors (Lipinski definition) is 4. The fourth-order valence-corrected chi connectivity index (χ4v) is 3.03. The first kappa shape index (κ1) is 16.4. The Morgan fingerprint density at radius 1 is 1.26 bits per heavy atom. The summed E-state index contributed by atoms with van der Waals surface area (Å²) < 4.78 is 24.1. The summed E-state index contributed by atoms with van der Waals surface area (Å²) in [6.45, 7) is 4.05. The number of anilines is 1. The van der Waals surface area contributed by atoms with Gasteiger partial charge in [-0.1, -0.05) is 11.6 Å². The van der Waals surface area contributed by atoms with Gasteiger partial charge in [-0.25, -0.2) is 9.18 Å². The summed E-state index contributed by atoms with van der Waals surface area (Å²) in [6, 6.07) is 3.40. The van der Waals surface area contributed by atoms with Crippen molar-refractivity contribution in [3.05, 3.63) is 29.0 Å². The Morgan fingerprint density at radius 3 is 2.83 bits per heavy atom. The van der Waals surface area contributed by atoms with E-state index in [-0.39, 0.29) is 22.8 Å². The van der Waals surface area contributed by atoms with Crippen molar-refractivity contribution in [3.63, 3.8) is 0 Å². The highest BCUT2D eigenvalue weighted by molar-refractivity contribution is 6.33. The Kier molecular flexibility index (Phi) is 5.32. The molecular formula is C15H19ClFN3O3. The molecule has 2 unspecified atom stereocenters. The van der Waals surface area contributed by atoms with Crippen LogP contribution in [0.3, 0.4) is 0 Å². The number of carbonyl (C=O) groups excluding carboxylic acids is 1. The van der Waals surface area contributed by atoms with Crippen molar-refractivity contribution in [2.45, 2.75) is 12.1 Å². The summed E-state index contributed by atoms with van der Waals surface area (Å²) in [7, 11) is 0. The third-order valence-electron chi connectivity index (χ3n) is 4.06. The summed E-state index contributed by atoms with van der Waals surface area (Å²) in [5.41, 5.74) is 0.242. The molecule has 0 radical (unpaired) electrons. The number of nitrogens with zero attached hydrogens (tertiary/aromatic N) is 1. The second kappa shape index (κ2) is 7.44. The number of rotatable bonds is 3. The van der Waals surface area contributed by atoms with Gasteiger partial charge in [0.15, 0.2) is 0 Å². The van der Waals surface area contributed by atoms with Crippen molar-refractivity contribution in [2.24, 2.45) is 0 Å². The van der Waals surface area contributed by atoms with Gasteiger partial charge in [0.25, 0.3) is 0 Å². The lowest BCUT2D eigenvalue weighted by Crippen LogP contribution is -2.54. The van der Waals surface area contributed by atoms with E-state index in [9.17, 15) is 9.18 Å². The van der Waals surface area contributed by atoms with Crippen LogP contribution in [0.25, 0.3) is 0 Å². The highest BCUT2D eigenvalue weighted by Gasteiger charge is 2.34. The Bertz CT molecular complexity index is 569. The first-order chi connectivity index (χ1) is 11.1. The minimum absolute atomic E-state index is 0.118. The molecule has 126 valence electrons. The molecule has 0 saturated carbocycles. The van der Waals surface area contributed by atoms with Crippen molar-refractivity contribution in [1.82, 2.24) is 10.2 Å². The zero-order valence-electron chi connectivity index (χ0n) is 12.6. The van der Waals surface area contributed by atoms with Gasteiger partial charge in [-0.15, -0.1) is 0 Å². The van der Waals surface area contributed by atoms with E-state index in [2.05, 4.69) is 15.5 Å². The van der Waals surface area contributed by atoms with E-state index in [4.69, 9.17) is 21.1 Å². The number of carbonyl (C=O) groups is 1. The standard InChI is InChI=1S/C15H19ClFN3O3/c16-11-2-1-10(17)7-12(11)18-15(21)19-13-8-23-9-14(13)20-3-5-22-6-4-20/h1-2,7,13-14H,3-6,8-9H2,(H2,18,19,21). The molecule has 2 atom stereocenters. The third-order valence-corrected chi connectivity index (χ3v) is 4.39. The molecule has 2 saturated heterocycles. The van der Waals surface area contributed by atoms with E-state index in [1.807, 2.05) is 0 Å². The first-order valence-electron chi connectivity index (χ1n) is 7.55. The molecular weight excluding hydrogens is 325 g/mol. The van der Waals surface area contributed by atoms with E-state index >= 15 is 0 Å². The van der Waals surface area contributed by atoms with Crippen LogP contribution in [0.15, 0.2) is 18.2 Å². The second-order valence-electron chi connectivity index (χ2n) is 5.58. The van der Waals surface area contributed by atoms with E-state index in [1.165, 1.54) is 18.2 Å². The number of ether oxygens (including phenoxy) is 2. The smallest absolute Gasteiger partial charge is 0.319 e. The summed E-state index contributed by atoms with van der Waals surface area (Å²) in [4.78, 5) is 14.4. The van der Waals surface area contributed by atoms with Gasteiger partial charge in [0.05, 0.1) is 49.2 Å². The molecule has 0 aliphatic carbocycles. The lowest BCUT2D eigenvalue weighted by molar-refractivity contribution is 0.0113. The predicted octanol–water partition coefficient (Wildman–Crippen LogP) is 1.70. The third kappa shape index (κ3) is 4.11. The molecule has 1 aromatic rings. The molecule has 1 aromatic carbocycles. The largest absolute Gasteiger partial charge is 0.379 e. The van der Waals surface area contributed by atoms with Gasteiger partial charge < -0.3 is 20.1 Å². The van der Waals surface area contributed by atoms with Crippen molar-refractivity contribution < 1.29 is 18.7 Å². The maximum Gasteiger partial charge on any atom is 0.319 e. The van der Waals surface area contributed by atoms with Crippen molar-refractivity contribution in [3.8, 4) is 0 Å². The normalized spacial score (nSPS) is 25.3. The summed E-state index contributed by atoms with van der Waals surface area (Å²) in [5.74, 6) is -0.458. The van der Waals surface area contributed by atoms with Gasteiger partial charge in [-0.3, -0.25) is 4.90 Å². The van der Waals surface area contributed by atoms with Gasteiger partial charge in [0.1, 0.15) is 5.82 Å². The zero-order chi connectivity index (χ0) is 16.2. The highest BCUT2D eigenvalue weighted by Crippen LogP contribution is 2.22. The molecule has 0 aromatic heterocycles. The molecule has 8 heteroatoms. The fourth-order valence-electron chi connectivity index (χ4n) is 2.87. The molecule has 3 rings (SSSR count). The van der Waals surface area contributed by atoms with Crippen molar-refractivity contribution in [1.29, 1.82) is 0 Å². The van der Waals surface area contributed by atoms with Crippen LogP contribution in [0, 0.1) is 5.82 Å². The lowest BCUT2D eigenvalue weighted by atomic mass is 10.1. The summed E-state index contributed by atoms with van der Waals surface area (Å²) >= 11 is 5.95. The lowest BCUT2D eigenvalue weighted by Gasteiger charge is -2.34. The molecule has 2 heterocycles. The Balaban J connectivity index is 1.59. The van der Waals surface area contributed by atoms with Crippen LogP contribution >= 0.6 is 11.6 Å². The predicted molar refractivity (Wildman–Crippen MR) is 84.4 cm³/mol. The van der Waals surface area contributed by atoms with Crippen LogP contribution in [0.5, 0.6) is 0 Å². The Hall–Kier alpha value is -1.41. The van der Waals surface area contributed by atoms with Crippen molar-refractivity contribution >= 4 is 23.3 Å². The summed E-state index contributed by atoms with van der Waals surface area (Å²) in [6.07, 6.45) is 0. The highest BCUT2D eigenvalue weighted by atomic mass is 35.5. The Labute approximate surface area is 138 Å². The molecule has 2 amide bonds. The maximum absolute atomic E-state index is 13.2. The number of nitrogens with one attached hydrogen (secondary N) is 2. The number of halogens is 2.